The second-order valence-electron chi connectivity index (χ2n) is 6.02. The van der Waals surface area contributed by atoms with Gasteiger partial charge < -0.3 is 14.4 Å². The van der Waals surface area contributed by atoms with Crippen LogP contribution in [0.4, 0.5) is 0 Å². The van der Waals surface area contributed by atoms with Gasteiger partial charge >= 0.3 is 0 Å². The molecule has 7 heteroatoms. The summed E-state index contributed by atoms with van der Waals surface area (Å²) >= 11 is 6.02. The van der Waals surface area contributed by atoms with Gasteiger partial charge in [0.05, 0.1) is 19.9 Å². The first-order valence-corrected chi connectivity index (χ1v) is 8.67. The third-order valence-electron chi connectivity index (χ3n) is 4.18. The molecule has 0 spiro atoms. The van der Waals surface area contributed by atoms with Crippen molar-refractivity contribution in [3.8, 4) is 22.8 Å². The average Bonchev–Trinajstić information content (AvgIpc) is 3.17. The Bertz CT molecular complexity index is 955. The SMILES string of the molecule is COc1ccc(CN(C)C(=O)c2cc(-c3cccc(Cl)c3)n[nH]2)c(OC)c1. The summed E-state index contributed by atoms with van der Waals surface area (Å²) in [5, 5.41) is 7.64. The fourth-order valence-electron chi connectivity index (χ4n) is 2.74. The maximum absolute atomic E-state index is 12.7. The molecule has 0 aliphatic carbocycles. The van der Waals surface area contributed by atoms with Gasteiger partial charge in [0.1, 0.15) is 17.2 Å². The van der Waals surface area contributed by atoms with Crippen LogP contribution in [0.25, 0.3) is 11.3 Å². The second kappa shape index (κ2) is 8.14. The van der Waals surface area contributed by atoms with Crippen molar-refractivity contribution >= 4 is 17.5 Å². The number of aromatic amines is 1. The Kier molecular flexibility index (Phi) is 5.66. The molecule has 2 aromatic carbocycles. The number of carbonyl (C=O) groups is 1. The molecule has 0 radical (unpaired) electrons. The molecule has 1 amide bonds. The minimum Gasteiger partial charge on any atom is -0.497 e. The van der Waals surface area contributed by atoms with Crippen LogP contribution in [0.5, 0.6) is 11.5 Å². The number of hydrogen-bond donors (Lipinski definition) is 1. The van der Waals surface area contributed by atoms with Crippen LogP contribution in [0.15, 0.2) is 48.5 Å². The number of halogens is 1. The molecule has 0 saturated carbocycles. The number of carbonyl (C=O) groups excluding carboxylic acids is 1. The molecule has 0 aliphatic heterocycles. The van der Waals surface area contributed by atoms with Gasteiger partial charge in [-0.15, -0.1) is 0 Å². The van der Waals surface area contributed by atoms with E-state index in [0.717, 1.165) is 11.1 Å². The van der Waals surface area contributed by atoms with Crippen molar-refractivity contribution < 1.29 is 14.3 Å². The molecule has 0 atom stereocenters. The topological polar surface area (TPSA) is 67.5 Å². The Balaban J connectivity index is 1.76. The molecule has 3 aromatic rings. The second-order valence-corrected chi connectivity index (χ2v) is 6.45. The van der Waals surface area contributed by atoms with E-state index in [1.165, 1.54) is 0 Å². The van der Waals surface area contributed by atoms with Gasteiger partial charge in [0, 0.05) is 35.8 Å². The van der Waals surface area contributed by atoms with Crippen molar-refractivity contribution in [3.63, 3.8) is 0 Å². The molecule has 0 fully saturated rings. The minimum atomic E-state index is -0.173. The number of aromatic nitrogens is 2. The van der Waals surface area contributed by atoms with Gasteiger partial charge in [-0.25, -0.2) is 0 Å². The first-order valence-electron chi connectivity index (χ1n) is 8.29. The van der Waals surface area contributed by atoms with E-state index >= 15 is 0 Å². The van der Waals surface area contributed by atoms with Crippen LogP contribution < -0.4 is 9.47 Å². The maximum Gasteiger partial charge on any atom is 0.271 e. The van der Waals surface area contributed by atoms with E-state index in [0.29, 0.717) is 34.5 Å². The lowest BCUT2D eigenvalue weighted by molar-refractivity contribution is 0.0778. The fourth-order valence-corrected chi connectivity index (χ4v) is 2.93. The van der Waals surface area contributed by atoms with Crippen LogP contribution in [0.3, 0.4) is 0 Å². The smallest absolute Gasteiger partial charge is 0.271 e. The Morgan fingerprint density at radius 1 is 1.15 bits per heavy atom. The molecular weight excluding hydrogens is 366 g/mol. The van der Waals surface area contributed by atoms with Crippen LogP contribution in [-0.2, 0) is 6.54 Å². The van der Waals surface area contributed by atoms with E-state index in [4.69, 9.17) is 21.1 Å². The van der Waals surface area contributed by atoms with Gasteiger partial charge in [-0.05, 0) is 30.3 Å². The van der Waals surface area contributed by atoms with Crippen molar-refractivity contribution in [1.29, 1.82) is 0 Å². The fraction of sp³-hybridized carbons (Fsp3) is 0.200. The number of benzene rings is 2. The predicted octanol–water partition coefficient (Wildman–Crippen LogP) is 4.02. The van der Waals surface area contributed by atoms with Crippen LogP contribution in [0.1, 0.15) is 16.1 Å². The highest BCUT2D eigenvalue weighted by atomic mass is 35.5. The normalized spacial score (nSPS) is 10.5. The summed E-state index contributed by atoms with van der Waals surface area (Å²) in [4.78, 5) is 14.3. The maximum atomic E-state index is 12.7. The van der Waals surface area contributed by atoms with Gasteiger partial charge in [0.15, 0.2) is 0 Å². The van der Waals surface area contributed by atoms with Crippen LogP contribution >= 0.6 is 11.6 Å². The molecule has 0 bridgehead atoms. The number of hydrogen-bond acceptors (Lipinski definition) is 4. The van der Waals surface area contributed by atoms with Gasteiger partial charge in [-0.3, -0.25) is 9.89 Å². The number of methoxy groups -OCH3 is 2. The largest absolute Gasteiger partial charge is 0.497 e. The van der Waals surface area contributed by atoms with E-state index < -0.39 is 0 Å². The van der Waals surface area contributed by atoms with E-state index in [-0.39, 0.29) is 5.91 Å². The Morgan fingerprint density at radius 2 is 1.96 bits per heavy atom. The van der Waals surface area contributed by atoms with E-state index in [1.807, 2.05) is 24.3 Å². The van der Waals surface area contributed by atoms with Crippen molar-refractivity contribution in [3.05, 3.63) is 64.8 Å². The van der Waals surface area contributed by atoms with Crippen LogP contribution in [0.2, 0.25) is 5.02 Å². The molecule has 1 N–H and O–H groups in total. The third kappa shape index (κ3) is 4.23. The Labute approximate surface area is 162 Å². The van der Waals surface area contributed by atoms with Gasteiger partial charge in [0.25, 0.3) is 5.91 Å². The molecule has 1 aromatic heterocycles. The highest BCUT2D eigenvalue weighted by Gasteiger charge is 2.17. The zero-order valence-electron chi connectivity index (χ0n) is 15.3. The number of H-pyrrole nitrogens is 1. The first kappa shape index (κ1) is 18.8. The zero-order valence-corrected chi connectivity index (χ0v) is 16.1. The third-order valence-corrected chi connectivity index (χ3v) is 4.41. The van der Waals surface area contributed by atoms with E-state index in [1.54, 1.807) is 50.4 Å². The molecule has 0 aliphatic rings. The summed E-state index contributed by atoms with van der Waals surface area (Å²) in [6.07, 6.45) is 0. The Hall–Kier alpha value is -2.99. The van der Waals surface area contributed by atoms with Crippen molar-refractivity contribution in [2.45, 2.75) is 6.54 Å². The zero-order chi connectivity index (χ0) is 19.4. The molecule has 0 saturated heterocycles. The standard InChI is InChI=1S/C20H20ClN3O3/c1-24(12-14-7-8-16(26-2)10-19(14)27-3)20(25)18-11-17(22-23-18)13-5-4-6-15(21)9-13/h4-11H,12H2,1-3H3,(H,22,23). The minimum absolute atomic E-state index is 0.173. The van der Waals surface area contributed by atoms with E-state index in [9.17, 15) is 4.79 Å². The number of nitrogens with one attached hydrogen (secondary N) is 1. The summed E-state index contributed by atoms with van der Waals surface area (Å²) in [7, 11) is 4.91. The molecule has 140 valence electrons. The lowest BCUT2D eigenvalue weighted by Crippen LogP contribution is -2.26. The summed E-state index contributed by atoms with van der Waals surface area (Å²) in [6, 6.07) is 14.6. The lowest BCUT2D eigenvalue weighted by Gasteiger charge is -2.18. The molecule has 3 rings (SSSR count). The molecule has 1 heterocycles. The molecule has 27 heavy (non-hydrogen) atoms. The summed E-state index contributed by atoms with van der Waals surface area (Å²) in [5.41, 5.74) is 2.79. The van der Waals surface area contributed by atoms with Gasteiger partial charge in [-0.2, -0.15) is 5.10 Å². The predicted molar refractivity (Wildman–Crippen MR) is 104 cm³/mol. The highest BCUT2D eigenvalue weighted by molar-refractivity contribution is 6.30. The molecular formula is C20H20ClN3O3. The number of nitrogens with zero attached hydrogens (tertiary/aromatic N) is 2. The average molecular weight is 386 g/mol. The van der Waals surface area contributed by atoms with Gasteiger partial charge in [-0.1, -0.05) is 23.7 Å². The lowest BCUT2D eigenvalue weighted by atomic mass is 10.1. The number of amides is 1. The number of rotatable bonds is 6. The van der Waals surface area contributed by atoms with Crippen LogP contribution in [0, 0.1) is 0 Å². The summed E-state index contributed by atoms with van der Waals surface area (Å²) in [6.45, 7) is 0.386. The van der Waals surface area contributed by atoms with E-state index in [2.05, 4.69) is 10.2 Å². The number of ether oxygens (including phenoxy) is 2. The van der Waals surface area contributed by atoms with Crippen molar-refractivity contribution in [2.24, 2.45) is 0 Å². The van der Waals surface area contributed by atoms with Crippen LogP contribution in [-0.4, -0.2) is 42.3 Å². The Morgan fingerprint density at radius 3 is 2.67 bits per heavy atom. The highest BCUT2D eigenvalue weighted by Crippen LogP contribution is 2.26. The van der Waals surface area contributed by atoms with Crippen molar-refractivity contribution in [1.82, 2.24) is 15.1 Å². The summed E-state index contributed by atoms with van der Waals surface area (Å²) < 4.78 is 10.6. The van der Waals surface area contributed by atoms with Crippen molar-refractivity contribution in [2.75, 3.05) is 21.3 Å². The van der Waals surface area contributed by atoms with Gasteiger partial charge in [0.2, 0.25) is 0 Å². The monoisotopic (exact) mass is 385 g/mol. The quantitative estimate of drug-likeness (QED) is 0.695. The molecule has 6 nitrogen and oxygen atoms in total. The first-order chi connectivity index (χ1) is 13.0. The summed E-state index contributed by atoms with van der Waals surface area (Å²) in [5.74, 6) is 1.19. The molecule has 0 unspecified atom stereocenters.